The van der Waals surface area contributed by atoms with Crippen molar-refractivity contribution in [2.24, 2.45) is 0 Å². The second-order valence-electron chi connectivity index (χ2n) is 5.56. The van der Waals surface area contributed by atoms with Gasteiger partial charge < -0.3 is 10.1 Å². The van der Waals surface area contributed by atoms with Crippen molar-refractivity contribution < 1.29 is 17.9 Å². The largest absolute Gasteiger partial charge is 0.484 e. The van der Waals surface area contributed by atoms with Crippen LogP contribution in [0.5, 0.6) is 5.75 Å². The first-order chi connectivity index (χ1) is 12.0. The first-order valence-corrected chi connectivity index (χ1v) is 9.72. The van der Waals surface area contributed by atoms with E-state index in [-0.39, 0.29) is 18.3 Å². The summed E-state index contributed by atoms with van der Waals surface area (Å²) in [4.78, 5) is 12.0. The number of sulfonamides is 1. The highest BCUT2D eigenvalue weighted by molar-refractivity contribution is 7.93. The van der Waals surface area contributed by atoms with E-state index in [1.165, 1.54) is 4.31 Å². The summed E-state index contributed by atoms with van der Waals surface area (Å²) in [5.74, 6) is 0.351. The lowest BCUT2D eigenvalue weighted by Crippen LogP contribution is -2.26. The molecule has 0 aromatic heterocycles. The molecular weight excluding hydrogens is 364 g/mol. The predicted octanol–water partition coefficient (Wildman–Crippen LogP) is 2.90. The van der Waals surface area contributed by atoms with Crippen molar-refractivity contribution in [1.82, 2.24) is 0 Å². The van der Waals surface area contributed by atoms with Crippen molar-refractivity contribution in [3.05, 3.63) is 53.6 Å². The Kier molecular flexibility index (Phi) is 5.15. The van der Waals surface area contributed by atoms with Crippen LogP contribution in [0.3, 0.4) is 0 Å². The minimum absolute atomic E-state index is 0.102. The van der Waals surface area contributed by atoms with Gasteiger partial charge in [0.05, 0.1) is 16.5 Å². The van der Waals surface area contributed by atoms with Crippen LogP contribution in [0.2, 0.25) is 5.02 Å². The SMILES string of the molecule is O=C(COc1ccccc1)Nc1ccc(Cl)c(N2CCCS2(=O)=O)c1. The van der Waals surface area contributed by atoms with Crippen LogP contribution in [0.1, 0.15) is 6.42 Å². The van der Waals surface area contributed by atoms with Crippen LogP contribution in [0, 0.1) is 0 Å². The summed E-state index contributed by atoms with van der Waals surface area (Å²) in [5, 5.41) is 3.01. The maximum absolute atomic E-state index is 12.1. The molecule has 1 fully saturated rings. The van der Waals surface area contributed by atoms with E-state index >= 15 is 0 Å². The van der Waals surface area contributed by atoms with Crippen LogP contribution in [0.15, 0.2) is 48.5 Å². The highest BCUT2D eigenvalue weighted by atomic mass is 35.5. The van der Waals surface area contributed by atoms with Gasteiger partial charge in [0, 0.05) is 12.2 Å². The van der Waals surface area contributed by atoms with E-state index in [0.29, 0.717) is 35.1 Å². The Hall–Kier alpha value is -2.25. The zero-order valence-electron chi connectivity index (χ0n) is 13.3. The number of hydrogen-bond donors (Lipinski definition) is 1. The van der Waals surface area contributed by atoms with E-state index in [1.807, 2.05) is 18.2 Å². The number of nitrogens with one attached hydrogen (secondary N) is 1. The highest BCUT2D eigenvalue weighted by Crippen LogP contribution is 2.33. The third-order valence-corrected chi connectivity index (χ3v) is 5.89. The lowest BCUT2D eigenvalue weighted by Gasteiger charge is -2.19. The number of benzene rings is 2. The molecule has 25 heavy (non-hydrogen) atoms. The van der Waals surface area contributed by atoms with Crippen LogP contribution in [0.25, 0.3) is 0 Å². The summed E-state index contributed by atoms with van der Waals surface area (Å²) in [6, 6.07) is 13.7. The van der Waals surface area contributed by atoms with E-state index in [9.17, 15) is 13.2 Å². The quantitative estimate of drug-likeness (QED) is 0.865. The lowest BCUT2D eigenvalue weighted by molar-refractivity contribution is -0.118. The smallest absolute Gasteiger partial charge is 0.262 e. The molecule has 0 spiro atoms. The molecule has 0 bridgehead atoms. The van der Waals surface area contributed by atoms with Crippen LogP contribution < -0.4 is 14.4 Å². The van der Waals surface area contributed by atoms with E-state index in [0.717, 1.165) is 0 Å². The maximum Gasteiger partial charge on any atom is 0.262 e. The van der Waals surface area contributed by atoms with Gasteiger partial charge in [-0.2, -0.15) is 0 Å². The molecule has 0 atom stereocenters. The third-order valence-electron chi connectivity index (χ3n) is 3.71. The Morgan fingerprint density at radius 2 is 1.96 bits per heavy atom. The molecule has 8 heteroatoms. The van der Waals surface area contributed by atoms with Crippen molar-refractivity contribution in [3.8, 4) is 5.75 Å². The minimum Gasteiger partial charge on any atom is -0.484 e. The molecule has 1 N–H and O–H groups in total. The second-order valence-corrected chi connectivity index (χ2v) is 7.98. The van der Waals surface area contributed by atoms with Gasteiger partial charge in [0.25, 0.3) is 5.91 Å². The molecule has 0 saturated carbocycles. The van der Waals surface area contributed by atoms with Crippen molar-refractivity contribution in [1.29, 1.82) is 0 Å². The zero-order valence-corrected chi connectivity index (χ0v) is 14.9. The fraction of sp³-hybridized carbons (Fsp3) is 0.235. The summed E-state index contributed by atoms with van der Waals surface area (Å²) in [7, 11) is -3.34. The standard InChI is InChI=1S/C17H17ClN2O4S/c18-15-8-7-13(11-16(15)20-9-4-10-25(20,22)23)19-17(21)12-24-14-5-2-1-3-6-14/h1-3,5-8,11H,4,9-10,12H2,(H,19,21). The molecule has 0 unspecified atom stereocenters. The highest BCUT2D eigenvalue weighted by Gasteiger charge is 2.30. The van der Waals surface area contributed by atoms with Crippen molar-refractivity contribution in [2.75, 3.05) is 28.5 Å². The summed E-state index contributed by atoms with van der Waals surface area (Å²) in [5.41, 5.74) is 0.837. The van der Waals surface area contributed by atoms with E-state index in [2.05, 4.69) is 5.32 Å². The van der Waals surface area contributed by atoms with Gasteiger partial charge in [0.2, 0.25) is 10.0 Å². The number of rotatable bonds is 5. The topological polar surface area (TPSA) is 75.7 Å². The molecule has 6 nitrogen and oxygen atoms in total. The molecule has 1 aliphatic heterocycles. The normalized spacial score (nSPS) is 15.8. The lowest BCUT2D eigenvalue weighted by atomic mass is 10.2. The molecule has 0 aliphatic carbocycles. The molecule has 1 heterocycles. The number of carbonyl (C=O) groups is 1. The number of nitrogens with zero attached hydrogens (tertiary/aromatic N) is 1. The third kappa shape index (κ3) is 4.24. The van der Waals surface area contributed by atoms with Crippen LogP contribution in [-0.2, 0) is 14.8 Å². The van der Waals surface area contributed by atoms with Gasteiger partial charge in [-0.3, -0.25) is 9.10 Å². The Labute approximate surface area is 151 Å². The number of carbonyl (C=O) groups excluding carboxylic acids is 1. The fourth-order valence-corrected chi connectivity index (χ4v) is 4.40. The van der Waals surface area contributed by atoms with E-state index in [4.69, 9.17) is 16.3 Å². The predicted molar refractivity (Wildman–Crippen MR) is 97.8 cm³/mol. The zero-order chi connectivity index (χ0) is 17.9. The second kappa shape index (κ2) is 7.33. The van der Waals surface area contributed by atoms with Gasteiger partial charge in [-0.15, -0.1) is 0 Å². The van der Waals surface area contributed by atoms with E-state index < -0.39 is 10.0 Å². The molecule has 0 radical (unpaired) electrons. The van der Waals surface area contributed by atoms with Crippen molar-refractivity contribution in [3.63, 3.8) is 0 Å². The minimum atomic E-state index is -3.34. The number of para-hydroxylation sites is 1. The number of halogens is 1. The monoisotopic (exact) mass is 380 g/mol. The molecular formula is C17H17ClN2O4S. The van der Waals surface area contributed by atoms with Gasteiger partial charge in [-0.1, -0.05) is 29.8 Å². The summed E-state index contributed by atoms with van der Waals surface area (Å²) in [6.07, 6.45) is 0.556. The molecule has 1 amide bonds. The van der Waals surface area contributed by atoms with Crippen molar-refractivity contribution in [2.45, 2.75) is 6.42 Å². The summed E-state index contributed by atoms with van der Waals surface area (Å²) < 4.78 is 30.8. The van der Waals surface area contributed by atoms with Crippen LogP contribution >= 0.6 is 11.6 Å². The molecule has 1 aliphatic rings. The van der Waals surface area contributed by atoms with Crippen LogP contribution in [0.4, 0.5) is 11.4 Å². The molecule has 2 aromatic rings. The van der Waals surface area contributed by atoms with Gasteiger partial charge >= 0.3 is 0 Å². The number of ether oxygens (including phenoxy) is 1. The van der Waals surface area contributed by atoms with Gasteiger partial charge in [-0.05, 0) is 36.8 Å². The number of amides is 1. The fourth-order valence-electron chi connectivity index (χ4n) is 2.55. The Morgan fingerprint density at radius 3 is 2.64 bits per heavy atom. The average molecular weight is 381 g/mol. The summed E-state index contributed by atoms with van der Waals surface area (Å²) >= 11 is 6.14. The Morgan fingerprint density at radius 1 is 1.20 bits per heavy atom. The first kappa shape index (κ1) is 17.6. The maximum atomic E-state index is 12.1. The van der Waals surface area contributed by atoms with Gasteiger partial charge in [0.1, 0.15) is 5.75 Å². The molecule has 2 aromatic carbocycles. The first-order valence-electron chi connectivity index (χ1n) is 7.73. The number of anilines is 2. The molecule has 1 saturated heterocycles. The van der Waals surface area contributed by atoms with Crippen LogP contribution in [-0.4, -0.2) is 33.2 Å². The average Bonchev–Trinajstić information content (AvgIpc) is 2.95. The number of hydrogen-bond acceptors (Lipinski definition) is 4. The van der Waals surface area contributed by atoms with E-state index in [1.54, 1.807) is 30.3 Å². The Balaban J connectivity index is 1.69. The van der Waals surface area contributed by atoms with Crippen molar-refractivity contribution >= 4 is 38.9 Å². The molecule has 132 valence electrons. The van der Waals surface area contributed by atoms with Gasteiger partial charge in [0.15, 0.2) is 6.61 Å². The van der Waals surface area contributed by atoms with Gasteiger partial charge in [-0.25, -0.2) is 8.42 Å². The Bertz CT molecular complexity index is 871. The summed E-state index contributed by atoms with van der Waals surface area (Å²) in [6.45, 7) is 0.237. The molecule has 3 rings (SSSR count).